The van der Waals surface area contributed by atoms with E-state index in [-0.39, 0.29) is 54.6 Å². The van der Waals surface area contributed by atoms with Gasteiger partial charge in [-0.3, -0.25) is 14.4 Å². The average molecular weight is 596 g/mol. The van der Waals surface area contributed by atoms with E-state index >= 15 is 0 Å². The number of hydrogen-bond acceptors (Lipinski definition) is 5. The molecule has 0 bridgehead atoms. The van der Waals surface area contributed by atoms with Gasteiger partial charge in [0.05, 0.1) is 5.56 Å². The van der Waals surface area contributed by atoms with Crippen LogP contribution in [-0.2, 0) is 32.6 Å². The molecule has 0 fully saturated rings. The predicted molar refractivity (Wildman–Crippen MR) is 158 cm³/mol. The van der Waals surface area contributed by atoms with Crippen molar-refractivity contribution in [1.82, 2.24) is 14.5 Å². The monoisotopic (exact) mass is 595 g/mol. The summed E-state index contributed by atoms with van der Waals surface area (Å²) in [6.45, 7) is 5.60. The van der Waals surface area contributed by atoms with Gasteiger partial charge in [0, 0.05) is 36.5 Å². The first-order valence-corrected chi connectivity index (χ1v) is 15.2. The van der Waals surface area contributed by atoms with Gasteiger partial charge in [0.15, 0.2) is 0 Å². The van der Waals surface area contributed by atoms with Gasteiger partial charge in [-0.1, -0.05) is 66.2 Å². The maximum atomic E-state index is 13.8. The maximum Gasteiger partial charge on any atom is 0.269 e. The van der Waals surface area contributed by atoms with Crippen LogP contribution in [0.2, 0.25) is 5.02 Å². The number of amides is 3. The van der Waals surface area contributed by atoms with Crippen LogP contribution in [0.25, 0.3) is 0 Å². The molecule has 1 aliphatic heterocycles. The average Bonchev–Trinajstić information content (AvgIpc) is 3.10. The highest BCUT2D eigenvalue weighted by Crippen LogP contribution is 2.30. The number of nitrogens with one attached hydrogen (secondary N) is 1. The van der Waals surface area contributed by atoms with Crippen molar-refractivity contribution in [3.05, 3.63) is 101 Å². The number of benzene rings is 3. The van der Waals surface area contributed by atoms with Gasteiger partial charge in [0.25, 0.3) is 15.9 Å². The Morgan fingerprint density at radius 2 is 1.61 bits per heavy atom. The fraction of sp³-hybridized carbons (Fsp3) is 0.323. The lowest BCUT2D eigenvalue weighted by atomic mass is 10.00. The van der Waals surface area contributed by atoms with Gasteiger partial charge >= 0.3 is 0 Å². The molecular weight excluding hydrogens is 562 g/mol. The Morgan fingerprint density at radius 3 is 2.27 bits per heavy atom. The second-order valence-electron chi connectivity index (χ2n) is 11.1. The standard InChI is InChI=1S/C31H34ClN3O5S/c1-31(2,3)33-29(37)26(20-22-11-5-4-6-12-22)34(21-23-13-9-14-24(32)19-23)28(36)17-10-18-35-30(38)25-15-7-8-16-27(25)41(35,39)40/h4-9,11-16,19,26H,10,17-18,20-21H2,1-3H3,(H,33,37)/t26-/m0/s1. The van der Waals surface area contributed by atoms with E-state index < -0.39 is 27.5 Å². The lowest BCUT2D eigenvalue weighted by Gasteiger charge is -2.34. The Bertz CT molecular complexity index is 1540. The molecule has 216 valence electrons. The van der Waals surface area contributed by atoms with Gasteiger partial charge in [-0.2, -0.15) is 0 Å². The number of carbonyl (C=O) groups excluding carboxylic acids is 3. The van der Waals surface area contributed by atoms with Crippen molar-refractivity contribution in [2.75, 3.05) is 6.54 Å². The van der Waals surface area contributed by atoms with Gasteiger partial charge in [-0.25, -0.2) is 12.7 Å². The fourth-order valence-corrected chi connectivity index (χ4v) is 6.63. The number of fused-ring (bicyclic) bond motifs is 1. The molecule has 1 atom stereocenters. The van der Waals surface area contributed by atoms with Crippen molar-refractivity contribution in [2.45, 2.75) is 63.1 Å². The van der Waals surface area contributed by atoms with E-state index in [0.29, 0.717) is 5.02 Å². The van der Waals surface area contributed by atoms with Crippen LogP contribution in [0.15, 0.2) is 83.8 Å². The molecule has 0 radical (unpaired) electrons. The SMILES string of the molecule is CC(C)(C)NC(=O)[C@H](Cc1ccccc1)N(Cc1cccc(Cl)c1)C(=O)CCCN1C(=O)c2ccccc2S1(=O)=O. The van der Waals surface area contributed by atoms with Crippen molar-refractivity contribution in [1.29, 1.82) is 0 Å². The molecule has 3 amide bonds. The first kappa shape index (κ1) is 30.3. The zero-order valence-electron chi connectivity index (χ0n) is 23.3. The maximum absolute atomic E-state index is 13.8. The van der Waals surface area contributed by atoms with Crippen molar-refractivity contribution in [3.63, 3.8) is 0 Å². The number of hydrogen-bond donors (Lipinski definition) is 1. The summed E-state index contributed by atoms with van der Waals surface area (Å²) < 4.78 is 26.7. The summed E-state index contributed by atoms with van der Waals surface area (Å²) in [6.07, 6.45) is 0.316. The highest BCUT2D eigenvalue weighted by molar-refractivity contribution is 7.90. The van der Waals surface area contributed by atoms with Gasteiger partial charge in [0.2, 0.25) is 11.8 Å². The summed E-state index contributed by atoms with van der Waals surface area (Å²) in [5.74, 6) is -1.24. The molecule has 4 rings (SSSR count). The lowest BCUT2D eigenvalue weighted by Crippen LogP contribution is -2.54. The lowest BCUT2D eigenvalue weighted by molar-refractivity contribution is -0.142. The third kappa shape index (κ3) is 7.34. The number of nitrogens with zero attached hydrogens (tertiary/aromatic N) is 2. The molecule has 0 saturated heterocycles. The minimum absolute atomic E-state index is 0.0271. The number of carbonyl (C=O) groups is 3. The Labute approximate surface area is 246 Å². The number of sulfonamides is 1. The van der Waals surface area contributed by atoms with E-state index in [1.807, 2.05) is 57.2 Å². The molecule has 3 aromatic carbocycles. The molecule has 8 nitrogen and oxygen atoms in total. The summed E-state index contributed by atoms with van der Waals surface area (Å²) in [4.78, 5) is 41.8. The molecule has 3 aromatic rings. The second-order valence-corrected chi connectivity index (χ2v) is 13.3. The number of halogens is 1. The highest BCUT2D eigenvalue weighted by Gasteiger charge is 2.40. The summed E-state index contributed by atoms with van der Waals surface area (Å²) in [6, 6.07) is 21.8. The van der Waals surface area contributed by atoms with E-state index in [1.54, 1.807) is 30.3 Å². The van der Waals surface area contributed by atoms with Gasteiger partial charge in [-0.15, -0.1) is 0 Å². The van der Waals surface area contributed by atoms with Crippen molar-refractivity contribution in [3.8, 4) is 0 Å². The van der Waals surface area contributed by atoms with E-state index in [9.17, 15) is 22.8 Å². The topological polar surface area (TPSA) is 104 Å². The Hall–Kier alpha value is -3.69. The molecule has 1 aliphatic rings. The van der Waals surface area contributed by atoms with Crippen LogP contribution < -0.4 is 5.32 Å². The molecule has 0 saturated carbocycles. The summed E-state index contributed by atoms with van der Waals surface area (Å²) >= 11 is 6.22. The Kier molecular flexibility index (Phi) is 9.19. The molecule has 0 unspecified atom stereocenters. The second kappa shape index (κ2) is 12.4. The van der Waals surface area contributed by atoms with Crippen LogP contribution in [-0.4, -0.2) is 53.5 Å². The predicted octanol–water partition coefficient (Wildman–Crippen LogP) is 4.82. The molecular formula is C31H34ClN3O5S. The first-order chi connectivity index (χ1) is 19.4. The third-order valence-electron chi connectivity index (χ3n) is 6.68. The zero-order valence-corrected chi connectivity index (χ0v) is 24.9. The molecule has 1 N–H and O–H groups in total. The van der Waals surface area contributed by atoms with E-state index in [4.69, 9.17) is 11.6 Å². The van der Waals surface area contributed by atoms with Crippen LogP contribution in [0, 0.1) is 0 Å². The molecule has 10 heteroatoms. The quantitative estimate of drug-likeness (QED) is 0.362. The molecule has 0 spiro atoms. The van der Waals surface area contributed by atoms with Crippen LogP contribution in [0.1, 0.15) is 55.1 Å². The summed E-state index contributed by atoms with van der Waals surface area (Å²) in [5, 5.41) is 3.51. The molecule has 0 aromatic heterocycles. The fourth-order valence-electron chi connectivity index (χ4n) is 4.81. The largest absolute Gasteiger partial charge is 0.350 e. The summed E-state index contributed by atoms with van der Waals surface area (Å²) in [5.41, 5.74) is 1.23. The molecule has 1 heterocycles. The van der Waals surface area contributed by atoms with Crippen LogP contribution in [0.4, 0.5) is 0 Å². The van der Waals surface area contributed by atoms with Crippen molar-refractivity contribution >= 4 is 39.3 Å². The minimum Gasteiger partial charge on any atom is -0.350 e. The van der Waals surface area contributed by atoms with E-state index in [1.165, 1.54) is 17.0 Å². The number of rotatable bonds is 10. The highest BCUT2D eigenvalue weighted by atomic mass is 35.5. The van der Waals surface area contributed by atoms with Crippen LogP contribution >= 0.6 is 11.6 Å². The van der Waals surface area contributed by atoms with Gasteiger partial charge in [0.1, 0.15) is 10.9 Å². The first-order valence-electron chi connectivity index (χ1n) is 13.4. The van der Waals surface area contributed by atoms with E-state index in [0.717, 1.165) is 15.4 Å². The Morgan fingerprint density at radius 1 is 0.951 bits per heavy atom. The van der Waals surface area contributed by atoms with Gasteiger partial charge < -0.3 is 10.2 Å². The third-order valence-corrected chi connectivity index (χ3v) is 8.75. The summed E-state index contributed by atoms with van der Waals surface area (Å²) in [7, 11) is -3.98. The van der Waals surface area contributed by atoms with Gasteiger partial charge in [-0.05, 0) is 62.6 Å². The zero-order chi connectivity index (χ0) is 29.8. The molecule has 0 aliphatic carbocycles. The van der Waals surface area contributed by atoms with E-state index in [2.05, 4.69) is 5.32 Å². The normalized spacial score (nSPS) is 14.8. The smallest absolute Gasteiger partial charge is 0.269 e. The van der Waals surface area contributed by atoms with Crippen molar-refractivity contribution in [2.24, 2.45) is 0 Å². The van der Waals surface area contributed by atoms with Crippen LogP contribution in [0.3, 0.4) is 0 Å². The van der Waals surface area contributed by atoms with Crippen LogP contribution in [0.5, 0.6) is 0 Å². The van der Waals surface area contributed by atoms with Crippen molar-refractivity contribution < 1.29 is 22.8 Å². The Balaban J connectivity index is 1.58. The molecule has 41 heavy (non-hydrogen) atoms. The minimum atomic E-state index is -3.98.